The molecule has 5 rings (SSSR count). The Hall–Kier alpha value is -2.98. The van der Waals surface area contributed by atoms with Gasteiger partial charge in [0.15, 0.2) is 5.82 Å². The minimum atomic E-state index is -0.520. The topological polar surface area (TPSA) is 30.2 Å². The lowest BCUT2D eigenvalue weighted by Crippen LogP contribution is -2.30. The number of hydrogen-bond donors (Lipinski definition) is 0. The van der Waals surface area contributed by atoms with Gasteiger partial charge in [-0.05, 0) is 22.8 Å². The highest BCUT2D eigenvalue weighted by molar-refractivity contribution is 9.10. The van der Waals surface area contributed by atoms with Crippen molar-refractivity contribution in [2.24, 2.45) is 12.0 Å². The Labute approximate surface area is 185 Å². The van der Waals surface area contributed by atoms with E-state index >= 15 is 0 Å². The lowest BCUT2D eigenvalue weighted by Gasteiger charge is -2.35. The average molecular weight is 456 g/mol. The van der Waals surface area contributed by atoms with Crippen LogP contribution in [0.5, 0.6) is 0 Å². The number of hydrogen-bond acceptors (Lipinski definition) is 2. The monoisotopic (exact) mass is 455 g/mol. The zero-order valence-electron chi connectivity index (χ0n) is 16.7. The fraction of sp³-hybridized carbons (Fsp3) is 0.154. The van der Waals surface area contributed by atoms with Crippen LogP contribution in [0.3, 0.4) is 0 Å². The highest BCUT2D eigenvalue weighted by Gasteiger charge is 2.48. The summed E-state index contributed by atoms with van der Waals surface area (Å²) < 4.78 is 3.17. The first-order valence-corrected chi connectivity index (χ1v) is 10.9. The smallest absolute Gasteiger partial charge is 0.153 e. The van der Waals surface area contributed by atoms with Crippen LogP contribution in [0.25, 0.3) is 0 Å². The van der Waals surface area contributed by atoms with E-state index in [1.165, 1.54) is 16.7 Å². The van der Waals surface area contributed by atoms with Crippen molar-refractivity contribution >= 4 is 21.6 Å². The molecule has 30 heavy (non-hydrogen) atoms. The molecule has 1 aliphatic heterocycles. The van der Waals surface area contributed by atoms with Gasteiger partial charge in [0.05, 0.1) is 5.71 Å². The van der Waals surface area contributed by atoms with E-state index in [0.717, 1.165) is 22.4 Å². The molecule has 0 saturated heterocycles. The molecule has 0 N–H and O–H groups in total. The van der Waals surface area contributed by atoms with E-state index in [2.05, 4.69) is 110 Å². The summed E-state index contributed by atoms with van der Waals surface area (Å²) in [4.78, 5) is 10.1. The van der Waals surface area contributed by atoms with E-state index in [9.17, 15) is 0 Å². The summed E-state index contributed by atoms with van der Waals surface area (Å²) in [7, 11) is 2.03. The SMILES string of the molecule is Cn1ccnc1C1=NC(c2ccccc2)(c2ccccc2)[C@@H](c2ccccc2Br)C1. The second-order valence-corrected chi connectivity index (χ2v) is 8.55. The normalized spacial score (nSPS) is 17.7. The van der Waals surface area contributed by atoms with Crippen LogP contribution in [-0.4, -0.2) is 15.3 Å². The summed E-state index contributed by atoms with van der Waals surface area (Å²) in [5.74, 6) is 1.07. The van der Waals surface area contributed by atoms with Gasteiger partial charge in [-0.25, -0.2) is 4.98 Å². The van der Waals surface area contributed by atoms with Crippen molar-refractivity contribution in [2.45, 2.75) is 17.9 Å². The van der Waals surface area contributed by atoms with Crippen LogP contribution in [0.2, 0.25) is 0 Å². The largest absolute Gasteiger partial charge is 0.333 e. The van der Waals surface area contributed by atoms with Gasteiger partial charge in [-0.2, -0.15) is 0 Å². The molecule has 148 valence electrons. The third-order valence-electron chi connectivity index (χ3n) is 6.00. The van der Waals surface area contributed by atoms with Crippen molar-refractivity contribution in [1.29, 1.82) is 0 Å². The van der Waals surface area contributed by atoms with Gasteiger partial charge in [0.1, 0.15) is 5.54 Å². The summed E-state index contributed by atoms with van der Waals surface area (Å²) in [6, 6.07) is 29.8. The predicted octanol–water partition coefficient (Wildman–Crippen LogP) is 6.10. The molecule has 0 aliphatic carbocycles. The molecular formula is C26H22BrN3. The first-order chi connectivity index (χ1) is 14.7. The lowest BCUT2D eigenvalue weighted by atomic mass is 9.71. The van der Waals surface area contributed by atoms with Gasteiger partial charge in [-0.3, -0.25) is 4.99 Å². The number of imidazole rings is 1. The van der Waals surface area contributed by atoms with Crippen LogP contribution in [-0.2, 0) is 12.6 Å². The Kier molecular flexibility index (Phi) is 4.87. The molecule has 1 aromatic heterocycles. The van der Waals surface area contributed by atoms with Crippen LogP contribution in [0.4, 0.5) is 0 Å². The van der Waals surface area contributed by atoms with E-state index in [1.807, 2.05) is 19.4 Å². The van der Waals surface area contributed by atoms with Gasteiger partial charge in [-0.15, -0.1) is 0 Å². The molecule has 0 spiro atoms. The van der Waals surface area contributed by atoms with Crippen LogP contribution >= 0.6 is 15.9 Å². The molecule has 3 aromatic carbocycles. The fourth-order valence-corrected chi connectivity index (χ4v) is 5.20. The third-order valence-corrected chi connectivity index (χ3v) is 6.72. The summed E-state index contributed by atoms with van der Waals surface area (Å²) in [6.07, 6.45) is 4.64. The van der Waals surface area contributed by atoms with Crippen molar-refractivity contribution in [2.75, 3.05) is 0 Å². The molecule has 3 nitrogen and oxygen atoms in total. The van der Waals surface area contributed by atoms with Crippen LogP contribution in [0.1, 0.15) is 34.9 Å². The summed E-state index contributed by atoms with van der Waals surface area (Å²) in [6.45, 7) is 0. The van der Waals surface area contributed by atoms with Gasteiger partial charge in [0.25, 0.3) is 0 Å². The van der Waals surface area contributed by atoms with E-state index in [1.54, 1.807) is 0 Å². The summed E-state index contributed by atoms with van der Waals surface area (Å²) in [5, 5.41) is 0. The molecule has 1 aliphatic rings. The second kappa shape index (κ2) is 7.69. The van der Waals surface area contributed by atoms with Gasteiger partial charge in [0, 0.05) is 36.3 Å². The number of aliphatic imine (C=N–C) groups is 1. The maximum absolute atomic E-state index is 5.47. The van der Waals surface area contributed by atoms with E-state index < -0.39 is 5.54 Å². The molecule has 1 atom stereocenters. The average Bonchev–Trinajstić information content (AvgIpc) is 3.40. The van der Waals surface area contributed by atoms with Crippen LogP contribution < -0.4 is 0 Å². The van der Waals surface area contributed by atoms with E-state index in [4.69, 9.17) is 4.99 Å². The Morgan fingerprint density at radius 3 is 2.03 bits per heavy atom. The standard InChI is InChI=1S/C26H22BrN3/c1-30-17-16-28-25(30)24-18-22(21-14-8-9-15-23(21)27)26(29-24,19-10-4-2-5-11-19)20-12-6-3-7-13-20/h2-17,22H,18H2,1H3/t22-/m1/s1. The molecule has 0 unspecified atom stereocenters. The number of aryl methyl sites for hydroxylation is 1. The maximum Gasteiger partial charge on any atom is 0.153 e. The minimum absolute atomic E-state index is 0.143. The fourth-order valence-electron chi connectivity index (χ4n) is 4.64. The van der Waals surface area contributed by atoms with E-state index in [0.29, 0.717) is 0 Å². The van der Waals surface area contributed by atoms with Crippen molar-refractivity contribution in [3.8, 4) is 0 Å². The van der Waals surface area contributed by atoms with Gasteiger partial charge >= 0.3 is 0 Å². The molecule has 4 aromatic rings. The lowest BCUT2D eigenvalue weighted by molar-refractivity contribution is 0.465. The minimum Gasteiger partial charge on any atom is -0.333 e. The van der Waals surface area contributed by atoms with Crippen LogP contribution in [0, 0.1) is 0 Å². The zero-order valence-corrected chi connectivity index (χ0v) is 18.3. The second-order valence-electron chi connectivity index (χ2n) is 7.70. The van der Waals surface area contributed by atoms with Crippen molar-refractivity contribution < 1.29 is 0 Å². The molecule has 0 amide bonds. The summed E-state index contributed by atoms with van der Waals surface area (Å²) in [5.41, 5.74) is 4.17. The quantitative estimate of drug-likeness (QED) is 0.365. The highest BCUT2D eigenvalue weighted by atomic mass is 79.9. The molecule has 0 saturated carbocycles. The molecule has 0 radical (unpaired) electrons. The predicted molar refractivity (Wildman–Crippen MR) is 125 cm³/mol. The molecule has 2 heterocycles. The van der Waals surface area contributed by atoms with Gasteiger partial charge in [0.2, 0.25) is 0 Å². The highest BCUT2D eigenvalue weighted by Crippen LogP contribution is 2.53. The first kappa shape index (κ1) is 19.0. The Balaban J connectivity index is 1.82. The van der Waals surface area contributed by atoms with Crippen LogP contribution in [0.15, 0.2) is 107 Å². The van der Waals surface area contributed by atoms with Crippen molar-refractivity contribution in [3.05, 3.63) is 124 Å². The number of aromatic nitrogens is 2. The molecule has 0 fully saturated rings. The van der Waals surface area contributed by atoms with Crippen molar-refractivity contribution in [1.82, 2.24) is 9.55 Å². The zero-order chi connectivity index (χ0) is 20.6. The molecule has 4 heteroatoms. The Morgan fingerprint density at radius 1 is 0.867 bits per heavy atom. The molecular weight excluding hydrogens is 434 g/mol. The number of halogens is 1. The van der Waals surface area contributed by atoms with E-state index in [-0.39, 0.29) is 5.92 Å². The van der Waals surface area contributed by atoms with Crippen molar-refractivity contribution in [3.63, 3.8) is 0 Å². The number of rotatable bonds is 4. The maximum atomic E-state index is 5.47. The first-order valence-electron chi connectivity index (χ1n) is 10.1. The van der Waals surface area contributed by atoms with Gasteiger partial charge < -0.3 is 4.57 Å². The number of benzene rings is 3. The van der Waals surface area contributed by atoms with Gasteiger partial charge in [-0.1, -0.05) is 94.8 Å². The Bertz CT molecular complexity index is 1160. The third kappa shape index (κ3) is 3.03. The molecule has 0 bridgehead atoms. The Morgan fingerprint density at radius 2 is 1.47 bits per heavy atom. The summed E-state index contributed by atoms with van der Waals surface area (Å²) >= 11 is 3.81. The number of nitrogens with zero attached hydrogens (tertiary/aromatic N) is 3.